The second kappa shape index (κ2) is 7.58. The van der Waals surface area contributed by atoms with Crippen LogP contribution in [0.25, 0.3) is 0 Å². The Hall–Kier alpha value is -3.21. The molecule has 2 N–H and O–H groups in total. The van der Waals surface area contributed by atoms with Crippen molar-refractivity contribution in [2.24, 2.45) is 5.90 Å². The number of rotatable bonds is 6. The molecule has 4 heteroatoms. The van der Waals surface area contributed by atoms with Crippen LogP contribution in [0.2, 0.25) is 0 Å². The average molecular weight is 355 g/mol. The molecule has 27 heavy (non-hydrogen) atoms. The molecule has 0 aliphatic rings. The van der Waals surface area contributed by atoms with E-state index >= 15 is 0 Å². The zero-order valence-corrected chi connectivity index (χ0v) is 14.9. The molecule has 0 saturated carbocycles. The van der Waals surface area contributed by atoms with Gasteiger partial charge < -0.3 is 0 Å². The van der Waals surface area contributed by atoms with E-state index in [1.807, 2.05) is 47.4 Å². The second-order valence-electron chi connectivity index (χ2n) is 6.40. The lowest BCUT2D eigenvalue weighted by Crippen LogP contribution is -2.38. The first-order valence-electron chi connectivity index (χ1n) is 8.88. The normalized spacial score (nSPS) is 11.4. The Bertz CT molecular complexity index is 926. The number of hydrogen-bond donors (Lipinski definition) is 1. The van der Waals surface area contributed by atoms with Crippen molar-refractivity contribution in [2.75, 3.05) is 0 Å². The Labute approximate surface area is 158 Å². The summed E-state index contributed by atoms with van der Waals surface area (Å²) in [5.41, 5.74) is 3.85. The van der Waals surface area contributed by atoms with E-state index in [4.69, 9.17) is 10.7 Å². The van der Waals surface area contributed by atoms with Gasteiger partial charge in [0.2, 0.25) is 0 Å². The number of aromatic nitrogens is 2. The average Bonchev–Trinajstić information content (AvgIpc) is 3.27. The monoisotopic (exact) mass is 355 g/mol. The van der Waals surface area contributed by atoms with Crippen LogP contribution in [-0.2, 0) is 17.0 Å². The summed E-state index contributed by atoms with van der Waals surface area (Å²) in [4.78, 5) is 4.78. The molecule has 0 saturated heterocycles. The summed E-state index contributed by atoms with van der Waals surface area (Å²) in [5.74, 6) is 5.23. The van der Waals surface area contributed by atoms with E-state index in [2.05, 4.69) is 65.8 Å². The SMILES string of the molecule is NOCc1ccc(C(c2ccccc2)(c2ccccc2)n2cccn2)cc1. The van der Waals surface area contributed by atoms with Gasteiger partial charge in [0.05, 0.1) is 6.61 Å². The molecule has 0 unspecified atom stereocenters. The van der Waals surface area contributed by atoms with Gasteiger partial charge in [-0.3, -0.25) is 9.52 Å². The van der Waals surface area contributed by atoms with Gasteiger partial charge in [-0.15, -0.1) is 0 Å². The number of nitrogens with zero attached hydrogens (tertiary/aromatic N) is 2. The summed E-state index contributed by atoms with van der Waals surface area (Å²) in [6.45, 7) is 0.381. The number of nitrogens with two attached hydrogens (primary N) is 1. The molecule has 4 aromatic rings. The molecule has 0 spiro atoms. The van der Waals surface area contributed by atoms with Crippen molar-refractivity contribution in [3.63, 3.8) is 0 Å². The molecule has 4 nitrogen and oxygen atoms in total. The predicted octanol–water partition coefficient (Wildman–Crippen LogP) is 4.11. The summed E-state index contributed by atoms with van der Waals surface area (Å²) < 4.78 is 2.02. The second-order valence-corrected chi connectivity index (χ2v) is 6.40. The summed E-state index contributed by atoms with van der Waals surface area (Å²) in [6, 6.07) is 31.2. The van der Waals surface area contributed by atoms with E-state index < -0.39 is 5.54 Å². The fourth-order valence-electron chi connectivity index (χ4n) is 3.66. The predicted molar refractivity (Wildman–Crippen MR) is 106 cm³/mol. The van der Waals surface area contributed by atoms with E-state index in [1.165, 1.54) is 0 Å². The molecule has 0 fully saturated rings. The maximum Gasteiger partial charge on any atom is 0.137 e. The molecule has 1 heterocycles. The maximum atomic E-state index is 5.23. The van der Waals surface area contributed by atoms with Gasteiger partial charge in [0.25, 0.3) is 0 Å². The first-order chi connectivity index (χ1) is 13.4. The van der Waals surface area contributed by atoms with E-state index in [9.17, 15) is 0 Å². The first kappa shape index (κ1) is 17.2. The molecule has 0 aliphatic carbocycles. The molecule has 0 amide bonds. The lowest BCUT2D eigenvalue weighted by atomic mass is 9.77. The fourth-order valence-corrected chi connectivity index (χ4v) is 3.66. The maximum absolute atomic E-state index is 5.23. The van der Waals surface area contributed by atoms with Gasteiger partial charge in [-0.1, -0.05) is 84.9 Å². The van der Waals surface area contributed by atoms with Gasteiger partial charge >= 0.3 is 0 Å². The van der Waals surface area contributed by atoms with Crippen LogP contribution in [-0.4, -0.2) is 9.78 Å². The third kappa shape index (κ3) is 3.05. The van der Waals surface area contributed by atoms with Gasteiger partial charge in [0.1, 0.15) is 5.54 Å². The van der Waals surface area contributed by atoms with E-state index in [0.717, 1.165) is 22.3 Å². The Morgan fingerprint density at radius 3 is 1.78 bits per heavy atom. The molecule has 4 rings (SSSR count). The van der Waals surface area contributed by atoms with Crippen molar-refractivity contribution in [3.8, 4) is 0 Å². The van der Waals surface area contributed by atoms with Crippen molar-refractivity contribution in [2.45, 2.75) is 12.1 Å². The lowest BCUT2D eigenvalue weighted by molar-refractivity contribution is 0.124. The van der Waals surface area contributed by atoms with Crippen LogP contribution >= 0.6 is 0 Å². The summed E-state index contributed by atoms with van der Waals surface area (Å²) in [6.07, 6.45) is 3.83. The third-order valence-corrected chi connectivity index (χ3v) is 4.85. The summed E-state index contributed by atoms with van der Waals surface area (Å²) >= 11 is 0. The fraction of sp³-hybridized carbons (Fsp3) is 0.0870. The molecule has 0 radical (unpaired) electrons. The van der Waals surface area contributed by atoms with Crippen molar-refractivity contribution in [3.05, 3.63) is 126 Å². The molecular formula is C23H21N3O. The number of hydrogen-bond acceptors (Lipinski definition) is 3. The van der Waals surface area contributed by atoms with Crippen LogP contribution in [0.5, 0.6) is 0 Å². The summed E-state index contributed by atoms with van der Waals surface area (Å²) in [7, 11) is 0. The van der Waals surface area contributed by atoms with Crippen LogP contribution in [0, 0.1) is 0 Å². The zero-order valence-electron chi connectivity index (χ0n) is 14.9. The molecule has 1 aromatic heterocycles. The van der Waals surface area contributed by atoms with Gasteiger partial charge in [0.15, 0.2) is 0 Å². The van der Waals surface area contributed by atoms with Crippen molar-refractivity contribution < 1.29 is 4.84 Å². The van der Waals surface area contributed by atoms with Crippen LogP contribution in [0.3, 0.4) is 0 Å². The van der Waals surface area contributed by atoms with Gasteiger partial charge in [-0.25, -0.2) is 5.90 Å². The molecule has 0 atom stereocenters. The lowest BCUT2D eigenvalue weighted by Gasteiger charge is -2.36. The van der Waals surface area contributed by atoms with Crippen LogP contribution in [0.15, 0.2) is 103 Å². The highest BCUT2D eigenvalue weighted by atomic mass is 16.6. The molecular weight excluding hydrogens is 334 g/mol. The Morgan fingerprint density at radius 1 is 0.741 bits per heavy atom. The van der Waals surface area contributed by atoms with Crippen LogP contribution in [0.4, 0.5) is 0 Å². The standard InChI is InChI=1S/C23H21N3O/c24-27-18-19-12-14-22(15-13-19)23(26-17-7-16-25-26,20-8-3-1-4-9-20)21-10-5-2-6-11-21/h1-17H,18,24H2. The summed E-state index contributed by atoms with van der Waals surface area (Å²) in [5, 5.41) is 4.65. The van der Waals surface area contributed by atoms with Gasteiger partial charge in [-0.2, -0.15) is 5.10 Å². The van der Waals surface area contributed by atoms with Gasteiger partial charge in [-0.05, 0) is 28.3 Å². The minimum Gasteiger partial charge on any atom is -0.300 e. The Balaban J connectivity index is 2.02. The highest BCUT2D eigenvalue weighted by Gasteiger charge is 2.38. The van der Waals surface area contributed by atoms with Crippen molar-refractivity contribution in [1.29, 1.82) is 0 Å². The largest absolute Gasteiger partial charge is 0.300 e. The third-order valence-electron chi connectivity index (χ3n) is 4.85. The first-order valence-corrected chi connectivity index (χ1v) is 8.88. The van der Waals surface area contributed by atoms with Crippen LogP contribution < -0.4 is 5.90 Å². The van der Waals surface area contributed by atoms with Crippen LogP contribution in [0.1, 0.15) is 22.3 Å². The minimum absolute atomic E-state index is 0.381. The quantitative estimate of drug-likeness (QED) is 0.418. The molecule has 0 bridgehead atoms. The van der Waals surface area contributed by atoms with Crippen molar-refractivity contribution >= 4 is 0 Å². The Morgan fingerprint density at radius 2 is 1.30 bits per heavy atom. The van der Waals surface area contributed by atoms with Crippen molar-refractivity contribution in [1.82, 2.24) is 9.78 Å². The Kier molecular flexibility index (Phi) is 4.83. The smallest absolute Gasteiger partial charge is 0.137 e. The minimum atomic E-state index is -0.575. The molecule has 134 valence electrons. The van der Waals surface area contributed by atoms with Gasteiger partial charge in [0, 0.05) is 12.4 Å². The molecule has 3 aromatic carbocycles. The highest BCUT2D eigenvalue weighted by molar-refractivity contribution is 5.50. The topological polar surface area (TPSA) is 53.1 Å². The highest BCUT2D eigenvalue weighted by Crippen LogP contribution is 2.40. The van der Waals surface area contributed by atoms with E-state index in [-0.39, 0.29) is 0 Å². The van der Waals surface area contributed by atoms with E-state index in [1.54, 1.807) is 0 Å². The van der Waals surface area contributed by atoms with E-state index in [0.29, 0.717) is 6.61 Å². The zero-order chi connectivity index (χ0) is 18.5. The number of benzene rings is 3. The molecule has 0 aliphatic heterocycles.